The lowest BCUT2D eigenvalue weighted by atomic mass is 9.92. The average Bonchev–Trinajstić information content (AvgIpc) is 2.68. The first kappa shape index (κ1) is 20.9. The van der Waals surface area contributed by atoms with Gasteiger partial charge in [0.25, 0.3) is 5.88 Å². The molecule has 0 N–H and O–H groups in total. The normalized spacial score (nSPS) is 22.1. The zero-order chi connectivity index (χ0) is 20.6. The number of benzene rings is 1. The van der Waals surface area contributed by atoms with E-state index in [4.69, 9.17) is 9.47 Å². The predicted octanol–water partition coefficient (Wildman–Crippen LogP) is 4.96. The minimum atomic E-state index is -0.336. The molecule has 4 rings (SSSR count). The molecule has 1 saturated heterocycles. The number of piperazine rings is 1. The third kappa shape index (κ3) is 4.54. The molecule has 0 amide bonds. The minimum absolute atomic E-state index is 0.336. The van der Waals surface area contributed by atoms with Gasteiger partial charge in [-0.25, -0.2) is 8.10 Å². The summed E-state index contributed by atoms with van der Waals surface area (Å²) in [6.07, 6.45) is 1.83. The maximum Gasteiger partial charge on any atom is 0.257 e. The van der Waals surface area contributed by atoms with Gasteiger partial charge >= 0.3 is 0 Å². The van der Waals surface area contributed by atoms with Gasteiger partial charge in [-0.2, -0.15) is 0 Å². The quantitative estimate of drug-likeness (QED) is 0.432. The Bertz CT molecular complexity index is 871. The summed E-state index contributed by atoms with van der Waals surface area (Å²) < 4.78 is 14.6. The Labute approximate surface area is 187 Å². The fourth-order valence-corrected chi connectivity index (χ4v) is 4.84. The van der Waals surface area contributed by atoms with Gasteiger partial charge < -0.3 is 9.47 Å². The molecule has 6 heteroatoms. The van der Waals surface area contributed by atoms with Gasteiger partial charge in [0.1, 0.15) is 12.2 Å². The molecule has 0 spiro atoms. The third-order valence-electron chi connectivity index (χ3n) is 5.66. The van der Waals surface area contributed by atoms with Crippen molar-refractivity contribution in [2.45, 2.75) is 51.8 Å². The highest BCUT2D eigenvalue weighted by Gasteiger charge is 2.33. The molecule has 0 bridgehead atoms. The first-order valence-electron chi connectivity index (χ1n) is 10.4. The van der Waals surface area contributed by atoms with Crippen LogP contribution >= 0.6 is 22.9 Å². The molecular formula is C23H30IN3O2. The van der Waals surface area contributed by atoms with E-state index in [-0.39, 0.29) is 5.60 Å². The minimum Gasteiger partial charge on any atom is -0.483 e. The van der Waals surface area contributed by atoms with Crippen LogP contribution in [-0.4, -0.2) is 44.8 Å². The summed E-state index contributed by atoms with van der Waals surface area (Å²) in [6, 6.07) is 11.3. The van der Waals surface area contributed by atoms with Crippen LogP contribution in [0, 0.1) is 0 Å². The first-order valence-corrected chi connectivity index (χ1v) is 11.3. The summed E-state index contributed by atoms with van der Waals surface area (Å²) in [5.74, 6) is 1.95. The van der Waals surface area contributed by atoms with Crippen LogP contribution < -0.4 is 9.47 Å². The van der Waals surface area contributed by atoms with E-state index >= 15 is 0 Å². The number of hydrogen-bond acceptors (Lipinski definition) is 5. The van der Waals surface area contributed by atoms with Crippen molar-refractivity contribution in [3.8, 4) is 11.6 Å². The molecule has 156 valence electrons. The number of rotatable bonds is 4. The van der Waals surface area contributed by atoms with E-state index in [1.807, 2.05) is 20.0 Å². The Hall–Kier alpha value is -1.38. The van der Waals surface area contributed by atoms with Gasteiger partial charge in [0.05, 0.1) is 6.04 Å². The number of pyridine rings is 1. The van der Waals surface area contributed by atoms with Crippen molar-refractivity contribution < 1.29 is 9.47 Å². The Morgan fingerprint density at radius 1 is 1.21 bits per heavy atom. The maximum absolute atomic E-state index is 6.07. The number of ether oxygens (including phenoxy) is 2. The van der Waals surface area contributed by atoms with Gasteiger partial charge in [-0.15, -0.1) is 0 Å². The highest BCUT2D eigenvalue weighted by molar-refractivity contribution is 14.1. The standard InChI is InChI=1S/C23H30IN3O2/c1-16(2)18-7-5-6-8-19(18)20-14-26(11-12-27(20)24)13-17-9-10-25-22-21(17)28-15-23(3,4)29-22/h5-10,16,20H,11-15H2,1-4H3. The molecule has 1 aromatic carbocycles. The second-order valence-electron chi connectivity index (χ2n) is 8.91. The van der Waals surface area contributed by atoms with Crippen LogP contribution in [0.2, 0.25) is 0 Å². The molecule has 3 heterocycles. The van der Waals surface area contributed by atoms with E-state index < -0.39 is 0 Å². The van der Waals surface area contributed by atoms with Crippen molar-refractivity contribution in [3.05, 3.63) is 53.2 Å². The summed E-state index contributed by atoms with van der Waals surface area (Å²) in [4.78, 5) is 6.92. The van der Waals surface area contributed by atoms with Crippen molar-refractivity contribution >= 4 is 22.9 Å². The van der Waals surface area contributed by atoms with Crippen molar-refractivity contribution in [3.63, 3.8) is 0 Å². The molecule has 1 fully saturated rings. The number of aromatic nitrogens is 1. The van der Waals surface area contributed by atoms with Gasteiger partial charge in [0.15, 0.2) is 5.75 Å². The molecule has 0 saturated carbocycles. The fraction of sp³-hybridized carbons (Fsp3) is 0.522. The zero-order valence-electron chi connectivity index (χ0n) is 17.7. The molecule has 0 aliphatic carbocycles. The van der Waals surface area contributed by atoms with Crippen LogP contribution in [0.25, 0.3) is 0 Å². The number of nitrogens with zero attached hydrogens (tertiary/aromatic N) is 3. The first-order chi connectivity index (χ1) is 13.8. The molecule has 1 unspecified atom stereocenters. The Morgan fingerprint density at radius 3 is 2.79 bits per heavy atom. The summed E-state index contributed by atoms with van der Waals surface area (Å²) >= 11 is 2.49. The largest absolute Gasteiger partial charge is 0.483 e. The molecule has 2 aliphatic heterocycles. The summed E-state index contributed by atoms with van der Waals surface area (Å²) in [5.41, 5.74) is 3.71. The van der Waals surface area contributed by atoms with E-state index in [0.717, 1.165) is 37.5 Å². The van der Waals surface area contributed by atoms with E-state index in [1.54, 1.807) is 0 Å². The van der Waals surface area contributed by atoms with Crippen LogP contribution in [0.5, 0.6) is 11.6 Å². The molecule has 1 aromatic heterocycles. The summed E-state index contributed by atoms with van der Waals surface area (Å²) in [7, 11) is 0. The van der Waals surface area contributed by atoms with Crippen molar-refractivity contribution in [1.82, 2.24) is 13.0 Å². The molecule has 5 nitrogen and oxygen atoms in total. The zero-order valence-corrected chi connectivity index (χ0v) is 19.8. The molecule has 1 atom stereocenters. The second kappa shape index (κ2) is 8.40. The number of halogens is 1. The summed E-state index contributed by atoms with van der Waals surface area (Å²) in [6.45, 7) is 13.1. The fourth-order valence-electron chi connectivity index (χ4n) is 4.15. The topological polar surface area (TPSA) is 37.8 Å². The van der Waals surface area contributed by atoms with Crippen LogP contribution in [0.3, 0.4) is 0 Å². The van der Waals surface area contributed by atoms with E-state index in [2.05, 4.69) is 80.0 Å². The van der Waals surface area contributed by atoms with Crippen molar-refractivity contribution in [2.24, 2.45) is 0 Å². The Balaban J connectivity index is 1.55. The lowest BCUT2D eigenvalue weighted by molar-refractivity contribution is 0.0146. The van der Waals surface area contributed by atoms with Crippen LogP contribution in [0.15, 0.2) is 36.5 Å². The lowest BCUT2D eigenvalue weighted by Gasteiger charge is -2.40. The van der Waals surface area contributed by atoms with Crippen molar-refractivity contribution in [2.75, 3.05) is 26.2 Å². The second-order valence-corrected chi connectivity index (χ2v) is 10.2. The lowest BCUT2D eigenvalue weighted by Crippen LogP contribution is -2.44. The van der Waals surface area contributed by atoms with Crippen LogP contribution in [0.4, 0.5) is 0 Å². The smallest absolute Gasteiger partial charge is 0.257 e. The molecule has 29 heavy (non-hydrogen) atoms. The van der Waals surface area contributed by atoms with Crippen LogP contribution in [-0.2, 0) is 6.54 Å². The number of fused-ring (bicyclic) bond motifs is 1. The maximum atomic E-state index is 6.07. The summed E-state index contributed by atoms with van der Waals surface area (Å²) in [5, 5.41) is 0. The predicted molar refractivity (Wildman–Crippen MR) is 124 cm³/mol. The van der Waals surface area contributed by atoms with Gasteiger partial charge in [0.2, 0.25) is 0 Å². The molecule has 2 aromatic rings. The molecule has 0 radical (unpaired) electrons. The van der Waals surface area contributed by atoms with Gasteiger partial charge in [-0.05, 0) is 37.0 Å². The Kier molecular flexibility index (Phi) is 6.04. The average molecular weight is 507 g/mol. The van der Waals surface area contributed by atoms with Crippen LogP contribution in [0.1, 0.15) is 56.3 Å². The van der Waals surface area contributed by atoms with Gasteiger partial charge in [-0.1, -0.05) is 38.1 Å². The highest BCUT2D eigenvalue weighted by atomic mass is 127. The van der Waals surface area contributed by atoms with E-state index in [0.29, 0.717) is 24.4 Å². The molecular weight excluding hydrogens is 477 g/mol. The van der Waals surface area contributed by atoms with E-state index in [1.165, 1.54) is 11.1 Å². The Morgan fingerprint density at radius 2 is 2.00 bits per heavy atom. The third-order valence-corrected chi connectivity index (χ3v) is 6.82. The van der Waals surface area contributed by atoms with Gasteiger partial charge in [0, 0.05) is 60.8 Å². The molecule has 2 aliphatic rings. The van der Waals surface area contributed by atoms with Crippen molar-refractivity contribution in [1.29, 1.82) is 0 Å². The van der Waals surface area contributed by atoms with E-state index in [9.17, 15) is 0 Å². The van der Waals surface area contributed by atoms with Gasteiger partial charge in [-0.3, -0.25) is 4.90 Å². The highest BCUT2D eigenvalue weighted by Crippen LogP contribution is 2.38. The monoisotopic (exact) mass is 507 g/mol. The number of hydrogen-bond donors (Lipinski definition) is 0. The SMILES string of the molecule is CC(C)c1ccccc1C1CN(Cc2ccnc3c2OCC(C)(C)O3)CCN1I.